The molecule has 0 bridgehead atoms. The SMILES string of the molecule is Cc1cc(NC(=O)CCCn2c(=O)c3cccn3c3cccnc32)ccc1Br. The second kappa shape index (κ2) is 7.59. The molecule has 142 valence electrons. The van der Waals surface area contributed by atoms with E-state index in [1.165, 1.54) is 0 Å². The van der Waals surface area contributed by atoms with Crippen LogP contribution in [0.4, 0.5) is 5.69 Å². The Morgan fingerprint density at radius 3 is 2.82 bits per heavy atom. The number of benzene rings is 1. The van der Waals surface area contributed by atoms with Gasteiger partial charge in [-0.05, 0) is 61.4 Å². The predicted molar refractivity (Wildman–Crippen MR) is 114 cm³/mol. The molecule has 1 N–H and O–H groups in total. The van der Waals surface area contributed by atoms with Gasteiger partial charge >= 0.3 is 0 Å². The molecule has 0 radical (unpaired) electrons. The molecular weight excluding hydrogens is 420 g/mol. The monoisotopic (exact) mass is 438 g/mol. The van der Waals surface area contributed by atoms with E-state index in [1.807, 2.05) is 53.9 Å². The van der Waals surface area contributed by atoms with Crippen molar-refractivity contribution in [3.05, 3.63) is 75.2 Å². The van der Waals surface area contributed by atoms with Gasteiger partial charge in [-0.15, -0.1) is 0 Å². The minimum atomic E-state index is -0.0971. The minimum absolute atomic E-state index is 0.0733. The number of anilines is 1. The lowest BCUT2D eigenvalue weighted by Gasteiger charge is -2.12. The third-order valence-corrected chi connectivity index (χ3v) is 5.61. The van der Waals surface area contributed by atoms with Gasteiger partial charge in [-0.2, -0.15) is 0 Å². The number of aromatic nitrogens is 3. The number of aryl methyl sites for hydroxylation is 2. The molecule has 28 heavy (non-hydrogen) atoms. The molecule has 0 aliphatic carbocycles. The average Bonchev–Trinajstić information content (AvgIpc) is 3.18. The molecule has 6 nitrogen and oxygen atoms in total. The van der Waals surface area contributed by atoms with Crippen LogP contribution in [0, 0.1) is 6.92 Å². The van der Waals surface area contributed by atoms with Crippen molar-refractivity contribution < 1.29 is 4.79 Å². The number of hydrogen-bond donors (Lipinski definition) is 1. The summed E-state index contributed by atoms with van der Waals surface area (Å²) in [5.41, 5.74) is 3.83. The Hall–Kier alpha value is -2.93. The summed E-state index contributed by atoms with van der Waals surface area (Å²) in [4.78, 5) is 29.5. The minimum Gasteiger partial charge on any atom is -0.326 e. The lowest BCUT2D eigenvalue weighted by atomic mass is 10.2. The van der Waals surface area contributed by atoms with Crippen molar-refractivity contribution in [2.45, 2.75) is 26.3 Å². The van der Waals surface area contributed by atoms with Gasteiger partial charge in [-0.25, -0.2) is 4.98 Å². The fourth-order valence-corrected chi connectivity index (χ4v) is 3.58. The Morgan fingerprint density at radius 2 is 2.00 bits per heavy atom. The van der Waals surface area contributed by atoms with E-state index < -0.39 is 0 Å². The van der Waals surface area contributed by atoms with Crippen molar-refractivity contribution >= 4 is 44.2 Å². The largest absolute Gasteiger partial charge is 0.326 e. The van der Waals surface area contributed by atoms with Crippen LogP contribution >= 0.6 is 15.9 Å². The van der Waals surface area contributed by atoms with Crippen molar-refractivity contribution in [2.24, 2.45) is 0 Å². The van der Waals surface area contributed by atoms with E-state index in [-0.39, 0.29) is 11.5 Å². The maximum atomic E-state index is 12.8. The fraction of sp³-hybridized carbons (Fsp3) is 0.190. The molecule has 0 saturated heterocycles. The molecule has 1 aromatic carbocycles. The van der Waals surface area contributed by atoms with E-state index in [4.69, 9.17) is 0 Å². The van der Waals surface area contributed by atoms with Gasteiger partial charge in [0.15, 0.2) is 5.65 Å². The maximum Gasteiger partial charge on any atom is 0.276 e. The molecule has 0 aliphatic heterocycles. The van der Waals surface area contributed by atoms with Gasteiger partial charge in [-0.3, -0.25) is 14.2 Å². The first-order valence-electron chi connectivity index (χ1n) is 9.05. The summed E-state index contributed by atoms with van der Waals surface area (Å²) in [7, 11) is 0. The number of fused-ring (bicyclic) bond motifs is 3. The number of carbonyl (C=O) groups is 1. The zero-order valence-corrected chi connectivity index (χ0v) is 16.9. The van der Waals surface area contributed by atoms with Gasteiger partial charge in [-0.1, -0.05) is 15.9 Å². The lowest BCUT2D eigenvalue weighted by molar-refractivity contribution is -0.116. The molecule has 4 aromatic rings. The normalized spacial score (nSPS) is 11.2. The first-order chi connectivity index (χ1) is 13.5. The van der Waals surface area contributed by atoms with Gasteiger partial charge in [0.05, 0.1) is 5.52 Å². The third-order valence-electron chi connectivity index (χ3n) is 4.72. The maximum absolute atomic E-state index is 12.8. The average molecular weight is 439 g/mol. The van der Waals surface area contributed by atoms with E-state index in [0.29, 0.717) is 30.6 Å². The van der Waals surface area contributed by atoms with Crippen LogP contribution in [0.15, 0.2) is 64.1 Å². The molecule has 3 heterocycles. The molecule has 7 heteroatoms. The lowest BCUT2D eigenvalue weighted by Crippen LogP contribution is -2.24. The van der Waals surface area contributed by atoms with Crippen molar-refractivity contribution in [2.75, 3.05) is 5.32 Å². The molecule has 0 aliphatic rings. The second-order valence-corrected chi connectivity index (χ2v) is 7.54. The molecule has 0 spiro atoms. The van der Waals surface area contributed by atoms with Crippen LogP contribution in [0.25, 0.3) is 16.7 Å². The summed E-state index contributed by atoms with van der Waals surface area (Å²) < 4.78 is 4.51. The Balaban J connectivity index is 1.51. The van der Waals surface area contributed by atoms with E-state index in [1.54, 1.807) is 16.8 Å². The molecule has 3 aromatic heterocycles. The highest BCUT2D eigenvalue weighted by Gasteiger charge is 2.12. The summed E-state index contributed by atoms with van der Waals surface area (Å²) in [5, 5.41) is 2.91. The van der Waals surface area contributed by atoms with E-state index >= 15 is 0 Å². The molecule has 1 amide bonds. The van der Waals surface area contributed by atoms with E-state index in [0.717, 1.165) is 21.2 Å². The smallest absolute Gasteiger partial charge is 0.276 e. The highest BCUT2D eigenvalue weighted by atomic mass is 79.9. The van der Waals surface area contributed by atoms with Crippen LogP contribution in [0.2, 0.25) is 0 Å². The first-order valence-corrected chi connectivity index (χ1v) is 9.84. The van der Waals surface area contributed by atoms with Crippen LogP contribution in [-0.4, -0.2) is 19.9 Å². The number of nitrogens with zero attached hydrogens (tertiary/aromatic N) is 3. The van der Waals surface area contributed by atoms with Crippen LogP contribution in [0.3, 0.4) is 0 Å². The first kappa shape index (κ1) is 18.4. The van der Waals surface area contributed by atoms with E-state index in [2.05, 4.69) is 26.2 Å². The van der Waals surface area contributed by atoms with E-state index in [9.17, 15) is 9.59 Å². The third kappa shape index (κ3) is 3.45. The Labute approximate surface area is 170 Å². The van der Waals surface area contributed by atoms with Crippen LogP contribution in [0.1, 0.15) is 18.4 Å². The predicted octanol–water partition coefficient (Wildman–Crippen LogP) is 4.14. The molecule has 0 saturated carbocycles. The number of amides is 1. The van der Waals surface area contributed by atoms with Crippen molar-refractivity contribution in [3.8, 4) is 0 Å². The van der Waals surface area contributed by atoms with Crippen molar-refractivity contribution in [1.29, 1.82) is 0 Å². The summed E-state index contributed by atoms with van der Waals surface area (Å²) in [5.74, 6) is -0.0733. The number of carbonyl (C=O) groups excluding carboxylic acids is 1. The van der Waals surface area contributed by atoms with Gasteiger partial charge in [0.25, 0.3) is 5.56 Å². The van der Waals surface area contributed by atoms with Crippen molar-refractivity contribution in [1.82, 2.24) is 14.0 Å². The fourth-order valence-electron chi connectivity index (χ4n) is 3.34. The van der Waals surface area contributed by atoms with Crippen molar-refractivity contribution in [3.63, 3.8) is 0 Å². The Bertz CT molecular complexity index is 1240. The van der Waals surface area contributed by atoms with Gasteiger partial charge < -0.3 is 9.72 Å². The zero-order valence-electron chi connectivity index (χ0n) is 15.4. The van der Waals surface area contributed by atoms with Gasteiger partial charge in [0, 0.05) is 35.5 Å². The zero-order chi connectivity index (χ0) is 19.7. The Kier molecular flexibility index (Phi) is 5.00. The standard InChI is InChI=1S/C21H19BrN4O2/c1-14-13-15(8-9-16(14)22)24-19(27)7-4-12-26-20-17(5-2-10-23-20)25-11-3-6-18(25)21(26)28/h2-3,5-6,8-11,13H,4,7,12H2,1H3,(H,24,27). The molecule has 0 atom stereocenters. The van der Waals surface area contributed by atoms with Gasteiger partial charge in [0.1, 0.15) is 5.52 Å². The van der Waals surface area contributed by atoms with Crippen LogP contribution in [0.5, 0.6) is 0 Å². The molecule has 0 fully saturated rings. The molecule has 0 unspecified atom stereocenters. The summed E-state index contributed by atoms with van der Waals surface area (Å²) >= 11 is 3.45. The van der Waals surface area contributed by atoms with Crippen LogP contribution in [-0.2, 0) is 11.3 Å². The summed E-state index contributed by atoms with van der Waals surface area (Å²) in [6.45, 7) is 2.41. The number of halogens is 1. The topological polar surface area (TPSA) is 68.4 Å². The van der Waals surface area contributed by atoms with Gasteiger partial charge in [0.2, 0.25) is 5.91 Å². The molecular formula is C21H19BrN4O2. The van der Waals surface area contributed by atoms with Crippen LogP contribution < -0.4 is 10.9 Å². The highest BCUT2D eigenvalue weighted by molar-refractivity contribution is 9.10. The molecule has 4 rings (SSSR count). The summed E-state index contributed by atoms with van der Waals surface area (Å²) in [6.07, 6.45) is 4.40. The second-order valence-electron chi connectivity index (χ2n) is 6.68. The Morgan fingerprint density at radius 1 is 1.18 bits per heavy atom. The number of rotatable bonds is 5. The number of pyridine rings is 1. The quantitative estimate of drug-likeness (QED) is 0.508. The highest BCUT2D eigenvalue weighted by Crippen LogP contribution is 2.20. The number of nitrogens with one attached hydrogen (secondary N) is 1. The summed E-state index contributed by atoms with van der Waals surface area (Å²) in [6, 6.07) is 13.1. The number of hydrogen-bond acceptors (Lipinski definition) is 3.